The van der Waals surface area contributed by atoms with Crippen molar-refractivity contribution >= 4 is 23.4 Å². The summed E-state index contributed by atoms with van der Waals surface area (Å²) in [6.07, 6.45) is 1.67. The molecule has 0 aliphatic rings. The van der Waals surface area contributed by atoms with Crippen LogP contribution < -0.4 is 10.9 Å². The molecule has 1 unspecified atom stereocenters. The molecule has 2 aromatic rings. The van der Waals surface area contributed by atoms with Gasteiger partial charge < -0.3 is 10.3 Å². The number of nitrogens with zero attached hydrogens (tertiary/aromatic N) is 1. The van der Waals surface area contributed by atoms with Crippen LogP contribution in [0, 0.1) is 20.8 Å². The summed E-state index contributed by atoms with van der Waals surface area (Å²) in [5.41, 5.74) is 4.68. The average Bonchev–Trinajstić information content (AvgIpc) is 2.50. The highest BCUT2D eigenvalue weighted by molar-refractivity contribution is 8.00. The first kappa shape index (κ1) is 19.2. The van der Waals surface area contributed by atoms with Crippen LogP contribution in [0.5, 0.6) is 0 Å². The number of carbonyl (C=O) groups excluding carboxylic acids is 1. The van der Waals surface area contributed by atoms with Gasteiger partial charge in [-0.2, -0.15) is 0 Å². The molecule has 0 fully saturated rings. The highest BCUT2D eigenvalue weighted by Crippen LogP contribution is 2.25. The quantitative estimate of drug-likeness (QED) is 0.608. The molecule has 0 spiro atoms. The van der Waals surface area contributed by atoms with Crippen LogP contribution in [0.15, 0.2) is 28.2 Å². The van der Waals surface area contributed by atoms with Crippen LogP contribution in [-0.4, -0.2) is 21.1 Å². The monoisotopic (exact) mass is 359 g/mol. The van der Waals surface area contributed by atoms with E-state index in [1.165, 1.54) is 23.4 Å². The Morgan fingerprint density at radius 3 is 2.48 bits per heavy atom. The molecule has 2 N–H and O–H groups in total. The van der Waals surface area contributed by atoms with E-state index in [1.54, 1.807) is 0 Å². The second-order valence-corrected chi connectivity index (χ2v) is 7.64. The molecule has 1 heterocycles. The van der Waals surface area contributed by atoms with Crippen LogP contribution >= 0.6 is 11.8 Å². The number of H-pyrrole nitrogens is 1. The number of nitrogens with one attached hydrogen (secondary N) is 2. The molecule has 0 bridgehead atoms. The number of hydrogen-bond donors (Lipinski definition) is 2. The Morgan fingerprint density at radius 2 is 1.88 bits per heavy atom. The van der Waals surface area contributed by atoms with Gasteiger partial charge in [0.2, 0.25) is 5.91 Å². The molecule has 1 aromatic heterocycles. The lowest BCUT2D eigenvalue weighted by Gasteiger charge is -2.16. The van der Waals surface area contributed by atoms with Gasteiger partial charge in [0.25, 0.3) is 5.56 Å². The SMILES string of the molecule is CCCc1cc(=O)[nH]c(SC(C)C(=O)Nc2c(C)cc(C)cc2C)n1. The number of anilines is 1. The Kier molecular flexibility index (Phi) is 6.42. The summed E-state index contributed by atoms with van der Waals surface area (Å²) in [5.74, 6) is -0.108. The van der Waals surface area contributed by atoms with Gasteiger partial charge in [0, 0.05) is 17.4 Å². The van der Waals surface area contributed by atoms with Crippen molar-refractivity contribution in [2.75, 3.05) is 5.32 Å². The fraction of sp³-hybridized carbons (Fsp3) is 0.421. The molecule has 0 aliphatic heterocycles. The van der Waals surface area contributed by atoms with Gasteiger partial charge in [-0.3, -0.25) is 9.59 Å². The smallest absolute Gasteiger partial charge is 0.251 e. The van der Waals surface area contributed by atoms with Crippen LogP contribution in [0.25, 0.3) is 0 Å². The van der Waals surface area contributed by atoms with Gasteiger partial charge in [0.05, 0.1) is 5.25 Å². The number of aryl methyl sites for hydroxylation is 4. The normalized spacial score (nSPS) is 12.0. The van der Waals surface area contributed by atoms with E-state index >= 15 is 0 Å². The van der Waals surface area contributed by atoms with Crippen molar-refractivity contribution in [2.24, 2.45) is 0 Å². The van der Waals surface area contributed by atoms with E-state index < -0.39 is 0 Å². The third-order valence-electron chi connectivity index (χ3n) is 3.86. The molecular formula is C19H25N3O2S. The number of carbonyl (C=O) groups is 1. The van der Waals surface area contributed by atoms with Gasteiger partial charge in [0.15, 0.2) is 5.16 Å². The number of benzene rings is 1. The maximum Gasteiger partial charge on any atom is 0.251 e. The van der Waals surface area contributed by atoms with Crippen molar-refractivity contribution in [1.29, 1.82) is 0 Å². The van der Waals surface area contributed by atoms with Crippen LogP contribution in [0.3, 0.4) is 0 Å². The van der Waals surface area contributed by atoms with Crippen molar-refractivity contribution in [3.63, 3.8) is 0 Å². The molecule has 1 aromatic carbocycles. The lowest BCUT2D eigenvalue weighted by molar-refractivity contribution is -0.115. The molecule has 1 atom stereocenters. The van der Waals surface area contributed by atoms with Crippen molar-refractivity contribution in [2.45, 2.75) is 57.9 Å². The molecular weight excluding hydrogens is 334 g/mol. The third-order valence-corrected chi connectivity index (χ3v) is 4.85. The predicted molar refractivity (Wildman–Crippen MR) is 103 cm³/mol. The molecule has 0 aliphatic carbocycles. The Bertz CT molecular complexity index is 807. The van der Waals surface area contributed by atoms with Gasteiger partial charge in [0.1, 0.15) is 0 Å². The van der Waals surface area contributed by atoms with Crippen LogP contribution in [0.2, 0.25) is 0 Å². The summed E-state index contributed by atoms with van der Waals surface area (Å²) in [4.78, 5) is 31.4. The molecule has 0 saturated carbocycles. The molecule has 5 nitrogen and oxygen atoms in total. The van der Waals surface area contributed by atoms with Crippen LogP contribution in [0.1, 0.15) is 42.7 Å². The molecule has 0 radical (unpaired) electrons. The number of amides is 1. The fourth-order valence-electron chi connectivity index (χ4n) is 2.75. The van der Waals surface area contributed by atoms with Crippen molar-refractivity contribution in [3.05, 3.63) is 50.9 Å². The number of aromatic nitrogens is 2. The highest BCUT2D eigenvalue weighted by Gasteiger charge is 2.18. The topological polar surface area (TPSA) is 74.8 Å². The van der Waals surface area contributed by atoms with E-state index in [9.17, 15) is 9.59 Å². The third kappa shape index (κ3) is 5.19. The first-order chi connectivity index (χ1) is 11.8. The van der Waals surface area contributed by atoms with Gasteiger partial charge in [-0.15, -0.1) is 0 Å². The Balaban J connectivity index is 2.12. The van der Waals surface area contributed by atoms with E-state index in [2.05, 4.69) is 15.3 Å². The van der Waals surface area contributed by atoms with E-state index in [4.69, 9.17) is 0 Å². The minimum Gasteiger partial charge on any atom is -0.325 e. The zero-order valence-corrected chi connectivity index (χ0v) is 16.2. The minimum atomic E-state index is -0.375. The van der Waals surface area contributed by atoms with E-state index in [0.717, 1.165) is 35.3 Å². The Morgan fingerprint density at radius 1 is 1.24 bits per heavy atom. The molecule has 0 saturated heterocycles. The first-order valence-electron chi connectivity index (χ1n) is 8.45. The molecule has 1 amide bonds. The van der Waals surface area contributed by atoms with E-state index in [0.29, 0.717) is 5.16 Å². The lowest BCUT2D eigenvalue weighted by Crippen LogP contribution is -2.24. The Hall–Kier alpha value is -2.08. The maximum absolute atomic E-state index is 12.5. The minimum absolute atomic E-state index is 0.108. The summed E-state index contributed by atoms with van der Waals surface area (Å²) in [6, 6.07) is 5.61. The zero-order chi connectivity index (χ0) is 18.6. The summed E-state index contributed by atoms with van der Waals surface area (Å²) < 4.78 is 0. The molecule has 134 valence electrons. The lowest BCUT2D eigenvalue weighted by atomic mass is 10.1. The summed E-state index contributed by atoms with van der Waals surface area (Å²) in [7, 11) is 0. The largest absolute Gasteiger partial charge is 0.325 e. The van der Waals surface area contributed by atoms with Gasteiger partial charge >= 0.3 is 0 Å². The van der Waals surface area contributed by atoms with E-state index in [1.807, 2.05) is 46.8 Å². The van der Waals surface area contributed by atoms with E-state index in [-0.39, 0.29) is 16.7 Å². The number of hydrogen-bond acceptors (Lipinski definition) is 4. The van der Waals surface area contributed by atoms with Crippen molar-refractivity contribution < 1.29 is 4.79 Å². The number of aromatic amines is 1. The molecule has 2 rings (SSSR count). The van der Waals surface area contributed by atoms with Gasteiger partial charge in [-0.1, -0.05) is 42.8 Å². The van der Waals surface area contributed by atoms with Gasteiger partial charge in [-0.05, 0) is 45.2 Å². The zero-order valence-electron chi connectivity index (χ0n) is 15.4. The predicted octanol–water partition coefficient (Wildman–Crippen LogP) is 3.77. The summed E-state index contributed by atoms with van der Waals surface area (Å²) in [5, 5.41) is 3.11. The summed E-state index contributed by atoms with van der Waals surface area (Å²) >= 11 is 1.26. The fourth-order valence-corrected chi connectivity index (χ4v) is 3.58. The van der Waals surface area contributed by atoms with Crippen molar-refractivity contribution in [3.8, 4) is 0 Å². The Labute approximate surface area is 152 Å². The van der Waals surface area contributed by atoms with Crippen LogP contribution in [0.4, 0.5) is 5.69 Å². The van der Waals surface area contributed by atoms with Crippen LogP contribution in [-0.2, 0) is 11.2 Å². The maximum atomic E-state index is 12.5. The number of rotatable bonds is 6. The highest BCUT2D eigenvalue weighted by atomic mass is 32.2. The first-order valence-corrected chi connectivity index (χ1v) is 9.33. The molecule has 25 heavy (non-hydrogen) atoms. The number of thioether (sulfide) groups is 1. The van der Waals surface area contributed by atoms with Gasteiger partial charge in [-0.25, -0.2) is 4.98 Å². The standard InChI is InChI=1S/C19H25N3O2S/c1-6-7-15-10-16(23)21-19(20-15)25-14(5)18(24)22-17-12(3)8-11(2)9-13(17)4/h8-10,14H,6-7H2,1-5H3,(H,22,24)(H,20,21,23). The average molecular weight is 359 g/mol. The second kappa shape index (κ2) is 8.34. The summed E-state index contributed by atoms with van der Waals surface area (Å²) in [6.45, 7) is 9.86. The van der Waals surface area contributed by atoms with Crippen molar-refractivity contribution in [1.82, 2.24) is 9.97 Å². The second-order valence-electron chi connectivity index (χ2n) is 6.31. The molecule has 6 heteroatoms.